The summed E-state index contributed by atoms with van der Waals surface area (Å²) in [7, 11) is 0. The van der Waals surface area contributed by atoms with Crippen LogP contribution < -0.4 is 6.14 Å². The van der Waals surface area contributed by atoms with Crippen LogP contribution in [0.1, 0.15) is 0 Å². The monoisotopic (exact) mass is 668 g/mol. The van der Waals surface area contributed by atoms with Crippen molar-refractivity contribution in [2.75, 3.05) is 0 Å². The Labute approximate surface area is 163 Å². The van der Waals surface area contributed by atoms with Gasteiger partial charge in [-0.15, -0.1) is 0 Å². The molecule has 3 aromatic carbocycles. The maximum absolute atomic E-state index is 8.67. The van der Waals surface area contributed by atoms with Crippen LogP contribution in [0.2, 0.25) is 0 Å². The molecular weight excluding hydrogens is 649 g/mol. The number of phenolic OH excluding ortho intramolecular Hbond substituents is 2. The number of phenols is 2. The Hall–Kier alpha value is -0.870. The summed E-state index contributed by atoms with van der Waals surface area (Å²) in [6.07, 6.45) is 0. The Morgan fingerprint density at radius 1 is 0.455 bits per heavy atom. The number of rotatable bonds is 0. The Morgan fingerprint density at radius 3 is 0.909 bits per heavy atom. The van der Waals surface area contributed by atoms with Gasteiger partial charge in [-0.2, -0.15) is 0 Å². The second-order valence-corrected chi connectivity index (χ2v) is 10.8. The Balaban J connectivity index is 0.000000166. The molecule has 0 spiro atoms. The molecule has 0 aliphatic heterocycles. The van der Waals surface area contributed by atoms with Crippen molar-refractivity contribution < 1.29 is 62.5 Å². The van der Waals surface area contributed by atoms with Crippen molar-refractivity contribution in [3.05, 3.63) is 84.9 Å². The topological polar surface area (TPSA) is 40.5 Å². The zero-order valence-corrected chi connectivity index (χ0v) is 23.4. The van der Waals surface area contributed by atoms with Crippen molar-refractivity contribution in [1.29, 1.82) is 0 Å². The third kappa shape index (κ3) is 9.21. The van der Waals surface area contributed by atoms with Gasteiger partial charge in [0, 0.05) is 0 Å². The summed E-state index contributed by atoms with van der Waals surface area (Å²) >= 11 is 1.62. The zero-order chi connectivity index (χ0) is 16.2. The third-order valence-corrected chi connectivity index (χ3v) is 6.23. The number of benzene rings is 3. The standard InChI is InChI=1S/C6H6O2.2C6H5.2Hg/c7-5-3-1-2-4-6(5)8;2*1-2-4-6-5-3-1;;/h1-4,7-8H;2*1-5H;;. The summed E-state index contributed by atoms with van der Waals surface area (Å²) in [6.45, 7) is 0. The summed E-state index contributed by atoms with van der Waals surface area (Å²) in [5, 5.41) is 17.3. The normalized spacial score (nSPS) is 8.91. The van der Waals surface area contributed by atoms with Crippen molar-refractivity contribution in [2.24, 2.45) is 0 Å². The van der Waals surface area contributed by atoms with Gasteiger partial charge in [-0.1, -0.05) is 12.1 Å². The first-order chi connectivity index (χ1) is 10.6. The summed E-state index contributed by atoms with van der Waals surface area (Å²) in [4.78, 5) is 0. The maximum atomic E-state index is 8.67. The van der Waals surface area contributed by atoms with E-state index in [0.717, 1.165) is 52.2 Å². The van der Waals surface area contributed by atoms with Gasteiger partial charge >= 0.3 is 119 Å². The van der Waals surface area contributed by atoms with E-state index < -0.39 is 0 Å². The molecule has 2 N–H and O–H groups in total. The molecule has 0 aliphatic carbocycles. The number of aromatic hydroxyl groups is 2. The van der Waals surface area contributed by atoms with E-state index in [-0.39, 0.29) is 11.5 Å². The molecule has 0 radical (unpaired) electrons. The van der Waals surface area contributed by atoms with E-state index in [4.69, 9.17) is 10.2 Å². The summed E-state index contributed by atoms with van der Waals surface area (Å²) in [5.74, 6) is -0.153. The molecule has 4 heteroatoms. The molecule has 104 valence electrons. The quantitative estimate of drug-likeness (QED) is 0.287. The molecule has 0 aliphatic rings. The van der Waals surface area contributed by atoms with Gasteiger partial charge in [0.2, 0.25) is 0 Å². The Morgan fingerprint density at radius 2 is 0.727 bits per heavy atom. The van der Waals surface area contributed by atoms with Gasteiger partial charge < -0.3 is 10.2 Å². The number of para-hydroxylation sites is 2. The summed E-state index contributed by atoms with van der Waals surface area (Å²) in [6, 6.07) is 27.3. The van der Waals surface area contributed by atoms with Crippen molar-refractivity contribution in [1.82, 2.24) is 0 Å². The van der Waals surface area contributed by atoms with E-state index >= 15 is 0 Å². The fourth-order valence-corrected chi connectivity index (χ4v) is 3.54. The van der Waals surface area contributed by atoms with E-state index in [1.807, 2.05) is 0 Å². The summed E-state index contributed by atoms with van der Waals surface area (Å²) < 4.78 is 3.03. The van der Waals surface area contributed by atoms with Crippen LogP contribution in [-0.2, 0) is 52.2 Å². The first-order valence-corrected chi connectivity index (χ1v) is 12.3. The molecule has 0 heterocycles. The SMILES string of the molecule is Oc1ccccc1O.[Hg][c]1ccccc1.[Hg][c]1ccccc1. The predicted molar refractivity (Wildman–Crippen MR) is 81.9 cm³/mol. The second-order valence-electron chi connectivity index (χ2n) is 4.46. The van der Waals surface area contributed by atoms with Gasteiger partial charge in [0.05, 0.1) is 0 Å². The van der Waals surface area contributed by atoms with Crippen LogP contribution in [0.4, 0.5) is 0 Å². The third-order valence-electron chi connectivity index (χ3n) is 2.57. The van der Waals surface area contributed by atoms with E-state index in [2.05, 4.69) is 60.7 Å². The molecule has 0 saturated carbocycles. The molecule has 22 heavy (non-hydrogen) atoms. The average molecular weight is 666 g/mol. The molecule has 3 rings (SSSR count). The molecule has 0 amide bonds. The molecule has 3 aromatic rings. The van der Waals surface area contributed by atoms with Crippen LogP contribution in [0.5, 0.6) is 11.5 Å². The van der Waals surface area contributed by atoms with E-state index in [0.29, 0.717) is 0 Å². The average Bonchev–Trinajstić information content (AvgIpc) is 2.53. The first kappa shape index (κ1) is 19.2. The van der Waals surface area contributed by atoms with E-state index in [9.17, 15) is 0 Å². The van der Waals surface area contributed by atoms with Gasteiger partial charge in [-0.25, -0.2) is 0 Å². The fraction of sp³-hybridized carbons (Fsp3) is 0. The van der Waals surface area contributed by atoms with Crippen LogP contribution in [0.15, 0.2) is 84.9 Å². The fourth-order valence-electron chi connectivity index (χ4n) is 1.42. The number of hydrogen-bond acceptors (Lipinski definition) is 2. The van der Waals surface area contributed by atoms with Crippen LogP contribution in [0.3, 0.4) is 0 Å². The zero-order valence-electron chi connectivity index (χ0n) is 12.4. The van der Waals surface area contributed by atoms with Crippen molar-refractivity contribution in [3.63, 3.8) is 0 Å². The molecule has 0 saturated heterocycles. The Kier molecular flexibility index (Phi) is 10.2. The predicted octanol–water partition coefficient (Wildman–Crippen LogP) is 2.82. The van der Waals surface area contributed by atoms with Gasteiger partial charge in [0.25, 0.3) is 0 Å². The van der Waals surface area contributed by atoms with Crippen LogP contribution in [0, 0.1) is 0 Å². The molecule has 0 fully saturated rings. The van der Waals surface area contributed by atoms with Gasteiger partial charge in [-0.3, -0.25) is 0 Å². The van der Waals surface area contributed by atoms with Gasteiger partial charge in [0.15, 0.2) is 11.5 Å². The molecular formula is C18H16Hg2O2. The number of hydrogen-bond donors (Lipinski definition) is 2. The minimum absolute atomic E-state index is 0.0764. The molecule has 0 bridgehead atoms. The molecule has 0 unspecified atom stereocenters. The minimum atomic E-state index is -0.0764. The van der Waals surface area contributed by atoms with E-state index in [1.165, 1.54) is 18.3 Å². The van der Waals surface area contributed by atoms with Gasteiger partial charge in [0.1, 0.15) is 0 Å². The van der Waals surface area contributed by atoms with Crippen molar-refractivity contribution in [3.8, 4) is 11.5 Å². The van der Waals surface area contributed by atoms with Crippen LogP contribution in [-0.4, -0.2) is 10.2 Å². The molecule has 0 aromatic heterocycles. The molecule has 2 nitrogen and oxygen atoms in total. The first-order valence-electron chi connectivity index (χ1n) is 6.80. The Bertz CT molecular complexity index is 585. The molecule has 0 atom stereocenters. The van der Waals surface area contributed by atoms with Crippen LogP contribution >= 0.6 is 0 Å². The van der Waals surface area contributed by atoms with E-state index in [1.54, 1.807) is 12.1 Å². The van der Waals surface area contributed by atoms with Crippen molar-refractivity contribution in [2.45, 2.75) is 0 Å². The van der Waals surface area contributed by atoms with Gasteiger partial charge in [-0.05, 0) is 12.1 Å². The van der Waals surface area contributed by atoms with Crippen molar-refractivity contribution >= 4 is 6.14 Å². The second kappa shape index (κ2) is 11.7. The summed E-state index contributed by atoms with van der Waals surface area (Å²) in [5.41, 5.74) is 0. The van der Waals surface area contributed by atoms with Crippen LogP contribution in [0.25, 0.3) is 0 Å².